The summed E-state index contributed by atoms with van der Waals surface area (Å²) in [6, 6.07) is 0.295. The molecule has 2 fully saturated rings. The molecule has 0 bridgehead atoms. The molecule has 2 aliphatic rings. The van der Waals surface area contributed by atoms with E-state index in [2.05, 4.69) is 17.1 Å². The van der Waals surface area contributed by atoms with E-state index in [0.717, 1.165) is 13.1 Å². The first-order chi connectivity index (χ1) is 9.88. The van der Waals surface area contributed by atoms with Crippen LogP contribution in [0.25, 0.3) is 0 Å². The van der Waals surface area contributed by atoms with Gasteiger partial charge in [0, 0.05) is 25.7 Å². The molecule has 2 amide bonds. The zero-order valence-corrected chi connectivity index (χ0v) is 12.9. The molecule has 7 nitrogen and oxygen atoms in total. The minimum Gasteiger partial charge on any atom is -0.479 e. The van der Waals surface area contributed by atoms with Crippen molar-refractivity contribution in [2.24, 2.45) is 5.92 Å². The fourth-order valence-electron chi connectivity index (χ4n) is 3.14. The van der Waals surface area contributed by atoms with Crippen LogP contribution >= 0.6 is 0 Å². The quantitative estimate of drug-likeness (QED) is 0.775. The van der Waals surface area contributed by atoms with Crippen LogP contribution in [-0.2, 0) is 9.53 Å². The van der Waals surface area contributed by atoms with Crippen LogP contribution in [0.2, 0.25) is 0 Å². The van der Waals surface area contributed by atoms with E-state index in [9.17, 15) is 9.59 Å². The Morgan fingerprint density at radius 3 is 2.57 bits per heavy atom. The van der Waals surface area contributed by atoms with Gasteiger partial charge in [0.05, 0.1) is 6.10 Å². The number of carbonyl (C=O) groups is 2. The summed E-state index contributed by atoms with van der Waals surface area (Å²) in [6.07, 6.45) is 0.268. The van der Waals surface area contributed by atoms with Crippen molar-refractivity contribution in [3.8, 4) is 0 Å². The summed E-state index contributed by atoms with van der Waals surface area (Å²) in [5, 5.41) is 11.7. The van der Waals surface area contributed by atoms with Gasteiger partial charge in [0.1, 0.15) is 0 Å². The largest absolute Gasteiger partial charge is 0.479 e. The molecule has 120 valence electrons. The van der Waals surface area contributed by atoms with E-state index in [1.807, 2.05) is 19.0 Å². The fourth-order valence-corrected chi connectivity index (χ4v) is 3.14. The molecule has 2 aliphatic heterocycles. The lowest BCUT2D eigenvalue weighted by Crippen LogP contribution is -2.43. The smallest absolute Gasteiger partial charge is 0.332 e. The maximum absolute atomic E-state index is 12.2. The van der Waals surface area contributed by atoms with Crippen molar-refractivity contribution in [3.05, 3.63) is 0 Å². The second-order valence-electron chi connectivity index (χ2n) is 6.26. The summed E-state index contributed by atoms with van der Waals surface area (Å²) >= 11 is 0. The molecule has 0 spiro atoms. The predicted molar refractivity (Wildman–Crippen MR) is 77.1 cm³/mol. The number of nitrogens with zero attached hydrogens (tertiary/aromatic N) is 2. The minimum atomic E-state index is -0.925. The summed E-state index contributed by atoms with van der Waals surface area (Å²) < 4.78 is 5.38. The maximum Gasteiger partial charge on any atom is 0.332 e. The summed E-state index contributed by atoms with van der Waals surface area (Å²) in [5.74, 6) is -0.476. The Morgan fingerprint density at radius 2 is 2.05 bits per heavy atom. The Balaban J connectivity index is 1.75. The summed E-state index contributed by atoms with van der Waals surface area (Å²) in [7, 11) is 4.06. The van der Waals surface area contributed by atoms with Crippen molar-refractivity contribution in [1.82, 2.24) is 15.1 Å². The number of likely N-dealkylation sites (N-methyl/N-ethyl adjacent to an activating group) is 1. The molecule has 2 heterocycles. The lowest BCUT2D eigenvalue weighted by molar-refractivity contribution is -0.149. The van der Waals surface area contributed by atoms with Crippen LogP contribution in [0.4, 0.5) is 4.79 Å². The highest BCUT2D eigenvalue weighted by Crippen LogP contribution is 2.21. The van der Waals surface area contributed by atoms with E-state index >= 15 is 0 Å². The number of rotatable bonds is 4. The van der Waals surface area contributed by atoms with Gasteiger partial charge in [-0.2, -0.15) is 0 Å². The van der Waals surface area contributed by atoms with Crippen molar-refractivity contribution in [2.45, 2.75) is 38.0 Å². The molecule has 4 unspecified atom stereocenters. The number of nitrogens with one attached hydrogen (secondary N) is 1. The molecular formula is C14H25N3O4. The molecule has 0 aromatic rings. The van der Waals surface area contributed by atoms with Gasteiger partial charge in [0.2, 0.25) is 0 Å². The van der Waals surface area contributed by atoms with Crippen molar-refractivity contribution in [2.75, 3.05) is 33.7 Å². The Hall–Kier alpha value is -1.34. The van der Waals surface area contributed by atoms with E-state index in [-0.39, 0.29) is 12.1 Å². The normalized spacial score (nSPS) is 32.7. The van der Waals surface area contributed by atoms with Crippen LogP contribution in [0.5, 0.6) is 0 Å². The topological polar surface area (TPSA) is 82.1 Å². The van der Waals surface area contributed by atoms with Crippen molar-refractivity contribution >= 4 is 12.0 Å². The molecule has 2 N–H and O–H groups in total. The molecule has 0 aromatic heterocycles. The fraction of sp³-hybridized carbons (Fsp3) is 0.857. The summed E-state index contributed by atoms with van der Waals surface area (Å²) in [6.45, 7) is 4.00. The van der Waals surface area contributed by atoms with Crippen LogP contribution < -0.4 is 5.32 Å². The number of hydrogen-bond acceptors (Lipinski definition) is 4. The number of hydrogen-bond donors (Lipinski definition) is 2. The number of urea groups is 1. The first kappa shape index (κ1) is 16.0. The molecule has 7 heteroatoms. The van der Waals surface area contributed by atoms with Crippen LogP contribution in [0.3, 0.4) is 0 Å². The molecule has 0 radical (unpaired) electrons. The Labute approximate surface area is 125 Å². The van der Waals surface area contributed by atoms with Gasteiger partial charge < -0.3 is 25.0 Å². The Morgan fingerprint density at radius 1 is 1.33 bits per heavy atom. The molecule has 0 aliphatic carbocycles. The van der Waals surface area contributed by atoms with Gasteiger partial charge >= 0.3 is 12.0 Å². The third-order valence-corrected chi connectivity index (χ3v) is 4.39. The zero-order chi connectivity index (χ0) is 15.6. The highest BCUT2D eigenvalue weighted by molar-refractivity contribution is 5.75. The van der Waals surface area contributed by atoms with Gasteiger partial charge in [-0.1, -0.05) is 6.92 Å². The third-order valence-electron chi connectivity index (χ3n) is 4.39. The number of carboxylic acids is 1. The van der Waals surface area contributed by atoms with Crippen molar-refractivity contribution < 1.29 is 19.4 Å². The molecule has 2 saturated heterocycles. The maximum atomic E-state index is 12.2. The van der Waals surface area contributed by atoms with Gasteiger partial charge in [0.25, 0.3) is 0 Å². The standard InChI is InChI=1S/C14H25N3O4/c1-9-7-17(8-11(9)16(2)3)14(20)15-6-10-4-5-12(21-10)13(18)19/h9-12H,4-8H2,1-3H3,(H,15,20)(H,18,19). The number of aliphatic carboxylic acids is 1. The van der Waals surface area contributed by atoms with E-state index < -0.39 is 12.1 Å². The number of ether oxygens (including phenoxy) is 1. The highest BCUT2D eigenvalue weighted by Gasteiger charge is 2.35. The van der Waals surface area contributed by atoms with Gasteiger partial charge in [-0.3, -0.25) is 0 Å². The van der Waals surface area contributed by atoms with Gasteiger partial charge in [-0.25, -0.2) is 9.59 Å². The van der Waals surface area contributed by atoms with E-state index in [0.29, 0.717) is 31.3 Å². The number of carboxylic acid groups (broad SMARTS) is 1. The van der Waals surface area contributed by atoms with E-state index in [1.54, 1.807) is 0 Å². The van der Waals surface area contributed by atoms with E-state index in [4.69, 9.17) is 9.84 Å². The zero-order valence-electron chi connectivity index (χ0n) is 12.9. The molecule has 0 saturated carbocycles. The Bertz CT molecular complexity index is 402. The monoisotopic (exact) mass is 299 g/mol. The van der Waals surface area contributed by atoms with Crippen LogP contribution in [0.15, 0.2) is 0 Å². The highest BCUT2D eigenvalue weighted by atomic mass is 16.5. The Kier molecular flexibility index (Phi) is 5.05. The lowest BCUT2D eigenvalue weighted by atomic mass is 10.1. The molecule has 4 atom stereocenters. The molecular weight excluding hydrogens is 274 g/mol. The van der Waals surface area contributed by atoms with Crippen LogP contribution in [0, 0.1) is 5.92 Å². The molecule has 2 rings (SSSR count). The average Bonchev–Trinajstić information content (AvgIpc) is 3.02. The third kappa shape index (κ3) is 3.85. The van der Waals surface area contributed by atoms with E-state index in [1.165, 1.54) is 0 Å². The average molecular weight is 299 g/mol. The number of likely N-dealkylation sites (tertiary alicyclic amines) is 1. The lowest BCUT2D eigenvalue weighted by Gasteiger charge is -2.22. The van der Waals surface area contributed by atoms with Gasteiger partial charge in [-0.15, -0.1) is 0 Å². The second-order valence-corrected chi connectivity index (χ2v) is 6.26. The number of carbonyl (C=O) groups excluding carboxylic acids is 1. The first-order valence-corrected chi connectivity index (χ1v) is 7.46. The summed E-state index contributed by atoms with van der Waals surface area (Å²) in [4.78, 5) is 26.9. The number of amides is 2. The van der Waals surface area contributed by atoms with Crippen molar-refractivity contribution in [1.29, 1.82) is 0 Å². The molecule has 0 aromatic carbocycles. The second kappa shape index (κ2) is 6.62. The van der Waals surface area contributed by atoms with Gasteiger partial charge in [0.15, 0.2) is 6.10 Å². The van der Waals surface area contributed by atoms with Crippen molar-refractivity contribution in [3.63, 3.8) is 0 Å². The predicted octanol–water partition coefficient (Wildman–Crippen LogP) is 0.210. The first-order valence-electron chi connectivity index (χ1n) is 7.46. The SMILES string of the molecule is CC1CN(C(=O)NCC2CCC(C(=O)O)O2)CC1N(C)C. The van der Waals surface area contributed by atoms with Crippen LogP contribution in [-0.4, -0.2) is 78.9 Å². The summed E-state index contributed by atoms with van der Waals surface area (Å²) in [5.41, 5.74) is 0. The molecule has 21 heavy (non-hydrogen) atoms. The van der Waals surface area contributed by atoms with Crippen LogP contribution in [0.1, 0.15) is 19.8 Å². The minimum absolute atomic E-state index is 0.0893. The van der Waals surface area contributed by atoms with Gasteiger partial charge in [-0.05, 0) is 32.9 Å².